The minimum absolute atomic E-state index is 0.190. The average molecular weight is 298 g/mol. The van der Waals surface area contributed by atoms with E-state index in [9.17, 15) is 14.7 Å². The molecule has 114 valence electrons. The predicted molar refractivity (Wildman–Crippen MR) is 76.9 cm³/mol. The number of hydrogen-bond acceptors (Lipinski definition) is 4. The molecule has 3 aliphatic heterocycles. The van der Waals surface area contributed by atoms with Gasteiger partial charge in [0.1, 0.15) is 5.60 Å². The molecule has 0 aliphatic carbocycles. The van der Waals surface area contributed by atoms with E-state index < -0.39 is 29.5 Å². The normalized spacial score (nSPS) is 35.2. The molecule has 1 amide bonds. The fourth-order valence-corrected chi connectivity index (χ4v) is 3.90. The molecule has 1 aromatic rings. The lowest BCUT2D eigenvalue weighted by atomic mass is 9.77. The molecule has 2 fully saturated rings. The summed E-state index contributed by atoms with van der Waals surface area (Å²) in [4.78, 5) is 25.8. The molecule has 5 heteroatoms. The summed E-state index contributed by atoms with van der Waals surface area (Å²) in [6, 6.07) is 7.77. The first-order valence-electron chi connectivity index (χ1n) is 7.54. The fourth-order valence-electron chi connectivity index (χ4n) is 3.90. The first-order chi connectivity index (χ1) is 10.6. The van der Waals surface area contributed by atoms with Crippen molar-refractivity contribution >= 4 is 17.6 Å². The maximum absolute atomic E-state index is 12.8. The first kappa shape index (κ1) is 13.5. The van der Waals surface area contributed by atoms with Crippen molar-refractivity contribution in [3.63, 3.8) is 0 Å². The van der Waals surface area contributed by atoms with Crippen molar-refractivity contribution < 1.29 is 19.4 Å². The first-order valence-corrected chi connectivity index (χ1v) is 7.54. The van der Waals surface area contributed by atoms with E-state index in [4.69, 9.17) is 4.74 Å². The summed E-state index contributed by atoms with van der Waals surface area (Å²) < 4.78 is 5.83. The standard InChI is InChI=1S/C17H17NO4/c1-2-10-3-5-11(6-4-10)18-9-17-8-7-12(22-17)13(16(20)21)14(17)15(18)19/h3-8,12-14H,2,9H2,1H3,(H,20,21)/p-1/t12-,13-,14-,17+/m1/s1. The highest BCUT2D eigenvalue weighted by atomic mass is 16.5. The summed E-state index contributed by atoms with van der Waals surface area (Å²) in [6.07, 6.45) is 3.98. The second kappa shape index (κ2) is 4.43. The van der Waals surface area contributed by atoms with Crippen LogP contribution in [0.5, 0.6) is 0 Å². The van der Waals surface area contributed by atoms with Crippen LogP contribution in [-0.2, 0) is 20.7 Å². The van der Waals surface area contributed by atoms with Gasteiger partial charge in [-0.1, -0.05) is 31.2 Å². The van der Waals surface area contributed by atoms with Gasteiger partial charge in [-0.2, -0.15) is 0 Å². The molecule has 3 aliphatic rings. The number of hydrogen-bond donors (Lipinski definition) is 0. The average Bonchev–Trinajstić information content (AvgIpc) is 3.15. The van der Waals surface area contributed by atoms with Gasteiger partial charge in [-0.05, 0) is 24.1 Å². The molecule has 0 radical (unpaired) electrons. The van der Waals surface area contributed by atoms with Crippen molar-refractivity contribution in [2.45, 2.75) is 25.0 Å². The SMILES string of the molecule is CCc1ccc(N2C[C@]34C=C[C@@H](O3)[C@@H](C(=O)[O-])[C@@H]4C2=O)cc1. The Morgan fingerprint density at radius 3 is 2.77 bits per heavy atom. The Morgan fingerprint density at radius 1 is 1.41 bits per heavy atom. The van der Waals surface area contributed by atoms with Crippen LogP contribution >= 0.6 is 0 Å². The molecule has 1 aromatic carbocycles. The van der Waals surface area contributed by atoms with Crippen molar-refractivity contribution in [2.24, 2.45) is 11.8 Å². The Balaban J connectivity index is 1.70. The van der Waals surface area contributed by atoms with Crippen LogP contribution in [0.3, 0.4) is 0 Å². The fraction of sp³-hybridized carbons (Fsp3) is 0.412. The Kier molecular flexibility index (Phi) is 2.72. The van der Waals surface area contributed by atoms with Gasteiger partial charge >= 0.3 is 0 Å². The van der Waals surface area contributed by atoms with Gasteiger partial charge in [0.05, 0.1) is 18.6 Å². The molecule has 5 nitrogen and oxygen atoms in total. The molecule has 2 bridgehead atoms. The van der Waals surface area contributed by atoms with Gasteiger partial charge in [0.25, 0.3) is 0 Å². The van der Waals surface area contributed by atoms with Gasteiger partial charge < -0.3 is 19.5 Å². The van der Waals surface area contributed by atoms with Gasteiger partial charge in [-0.3, -0.25) is 4.79 Å². The van der Waals surface area contributed by atoms with Crippen LogP contribution < -0.4 is 10.0 Å². The minimum atomic E-state index is -1.21. The zero-order valence-corrected chi connectivity index (χ0v) is 12.2. The third-order valence-electron chi connectivity index (χ3n) is 5.03. The number of aliphatic carboxylic acids is 1. The van der Waals surface area contributed by atoms with E-state index in [1.54, 1.807) is 11.0 Å². The van der Waals surface area contributed by atoms with Crippen LogP contribution in [0.1, 0.15) is 12.5 Å². The number of carbonyl (C=O) groups is 2. The van der Waals surface area contributed by atoms with Crippen molar-refractivity contribution in [3.05, 3.63) is 42.0 Å². The van der Waals surface area contributed by atoms with E-state index in [1.165, 1.54) is 5.56 Å². The lowest BCUT2D eigenvalue weighted by Gasteiger charge is -2.24. The molecule has 3 heterocycles. The topological polar surface area (TPSA) is 69.7 Å². The van der Waals surface area contributed by atoms with E-state index in [-0.39, 0.29) is 5.91 Å². The summed E-state index contributed by atoms with van der Waals surface area (Å²) in [5, 5.41) is 11.4. The zero-order chi connectivity index (χ0) is 15.5. The van der Waals surface area contributed by atoms with Crippen molar-refractivity contribution in [1.82, 2.24) is 0 Å². The number of benzene rings is 1. The summed E-state index contributed by atoms with van der Waals surface area (Å²) in [5.41, 5.74) is 1.16. The lowest BCUT2D eigenvalue weighted by Crippen LogP contribution is -2.45. The van der Waals surface area contributed by atoms with Crippen LogP contribution in [0.4, 0.5) is 5.69 Å². The second-order valence-electron chi connectivity index (χ2n) is 6.16. The molecular formula is C17H16NO4-. The Labute approximate surface area is 128 Å². The quantitative estimate of drug-likeness (QED) is 0.752. The molecule has 22 heavy (non-hydrogen) atoms. The van der Waals surface area contributed by atoms with Crippen molar-refractivity contribution in [2.75, 3.05) is 11.4 Å². The lowest BCUT2D eigenvalue weighted by molar-refractivity contribution is -0.313. The smallest absolute Gasteiger partial charge is 0.234 e. The number of anilines is 1. The van der Waals surface area contributed by atoms with Gasteiger partial charge in [0.2, 0.25) is 5.91 Å². The number of nitrogens with zero attached hydrogens (tertiary/aromatic N) is 1. The van der Waals surface area contributed by atoms with Crippen molar-refractivity contribution in [1.29, 1.82) is 0 Å². The van der Waals surface area contributed by atoms with E-state index in [0.29, 0.717) is 6.54 Å². The van der Waals surface area contributed by atoms with Crippen LogP contribution in [0.15, 0.2) is 36.4 Å². The number of carboxylic acid groups (broad SMARTS) is 1. The third-order valence-corrected chi connectivity index (χ3v) is 5.03. The monoisotopic (exact) mass is 298 g/mol. The van der Waals surface area contributed by atoms with E-state index >= 15 is 0 Å². The van der Waals surface area contributed by atoms with Crippen LogP contribution in [0.2, 0.25) is 0 Å². The Bertz CT molecular complexity index is 680. The molecule has 0 N–H and O–H groups in total. The third kappa shape index (κ3) is 1.63. The maximum Gasteiger partial charge on any atom is 0.234 e. The number of ether oxygens (including phenoxy) is 1. The molecule has 1 spiro atoms. The van der Waals surface area contributed by atoms with E-state index in [2.05, 4.69) is 6.92 Å². The molecular weight excluding hydrogens is 282 g/mol. The van der Waals surface area contributed by atoms with Crippen LogP contribution in [0.25, 0.3) is 0 Å². The van der Waals surface area contributed by atoms with E-state index in [0.717, 1.165) is 12.1 Å². The van der Waals surface area contributed by atoms with Gasteiger partial charge in [-0.25, -0.2) is 0 Å². The summed E-state index contributed by atoms with van der Waals surface area (Å²) >= 11 is 0. The maximum atomic E-state index is 12.8. The van der Waals surface area contributed by atoms with Crippen LogP contribution in [0, 0.1) is 11.8 Å². The molecule has 0 unspecified atom stereocenters. The number of carbonyl (C=O) groups excluding carboxylic acids is 2. The number of aryl methyl sites for hydroxylation is 1. The molecule has 0 saturated carbocycles. The van der Waals surface area contributed by atoms with Crippen LogP contribution in [-0.4, -0.2) is 30.1 Å². The number of amides is 1. The molecule has 4 rings (SSSR count). The molecule has 4 atom stereocenters. The van der Waals surface area contributed by atoms with Crippen molar-refractivity contribution in [3.8, 4) is 0 Å². The highest BCUT2D eigenvalue weighted by molar-refractivity contribution is 6.02. The van der Waals surface area contributed by atoms with Gasteiger partial charge in [0.15, 0.2) is 0 Å². The summed E-state index contributed by atoms with van der Waals surface area (Å²) in [7, 11) is 0. The number of carboxylic acids is 1. The molecule has 2 saturated heterocycles. The predicted octanol–water partition coefficient (Wildman–Crippen LogP) is 0.285. The second-order valence-corrected chi connectivity index (χ2v) is 6.16. The Morgan fingerprint density at radius 2 is 2.14 bits per heavy atom. The van der Waals surface area contributed by atoms with E-state index in [1.807, 2.05) is 30.3 Å². The Hall–Kier alpha value is -2.14. The largest absolute Gasteiger partial charge is 0.550 e. The van der Waals surface area contributed by atoms with Gasteiger partial charge in [-0.15, -0.1) is 0 Å². The highest BCUT2D eigenvalue weighted by Gasteiger charge is 2.65. The summed E-state index contributed by atoms with van der Waals surface area (Å²) in [5.74, 6) is -2.97. The highest BCUT2D eigenvalue weighted by Crippen LogP contribution is 2.52. The number of fused-ring (bicyclic) bond motifs is 1. The molecule has 0 aromatic heterocycles. The number of rotatable bonds is 3. The zero-order valence-electron chi connectivity index (χ0n) is 12.2. The minimum Gasteiger partial charge on any atom is -0.550 e. The van der Waals surface area contributed by atoms with Gasteiger partial charge in [0, 0.05) is 17.6 Å². The summed E-state index contributed by atoms with van der Waals surface area (Å²) in [6.45, 7) is 2.43.